The maximum absolute atomic E-state index is 11.8. The third-order valence-corrected chi connectivity index (χ3v) is 3.59. The number of aliphatic carboxylic acids is 1. The first-order valence-electron chi connectivity index (χ1n) is 5.61. The summed E-state index contributed by atoms with van der Waals surface area (Å²) in [5.41, 5.74) is -1.78. The molecule has 4 heteroatoms. The lowest BCUT2D eigenvalue weighted by molar-refractivity contribution is -0.152. The molecule has 4 nitrogen and oxygen atoms in total. The number of carbonyl (C=O) groups excluding carboxylic acids is 1. The van der Waals surface area contributed by atoms with Crippen molar-refractivity contribution in [2.75, 3.05) is 0 Å². The Hall–Kier alpha value is -1.06. The lowest BCUT2D eigenvalue weighted by atomic mass is 9.74. The van der Waals surface area contributed by atoms with Crippen LogP contribution in [-0.2, 0) is 9.59 Å². The summed E-state index contributed by atoms with van der Waals surface area (Å²) in [4.78, 5) is 22.9. The highest BCUT2D eigenvalue weighted by Gasteiger charge is 2.44. The number of carboxylic acids is 1. The summed E-state index contributed by atoms with van der Waals surface area (Å²) in [6, 6.07) is 0. The van der Waals surface area contributed by atoms with E-state index in [1.165, 1.54) is 0 Å². The molecule has 0 spiro atoms. The van der Waals surface area contributed by atoms with Crippen molar-refractivity contribution in [2.24, 2.45) is 11.3 Å². The van der Waals surface area contributed by atoms with Gasteiger partial charge in [0.2, 0.25) is 5.91 Å². The highest BCUT2D eigenvalue weighted by molar-refractivity contribution is 5.81. The molecule has 16 heavy (non-hydrogen) atoms. The summed E-state index contributed by atoms with van der Waals surface area (Å²) >= 11 is 0. The minimum absolute atomic E-state index is 0.0936. The van der Waals surface area contributed by atoms with Gasteiger partial charge in [0.25, 0.3) is 0 Å². The standard InChI is InChI=1S/C12H23NO3/c1-7-8(2)9(14)13-12(5,6)11(3,4)10(15)16/h8H,7H2,1-6H3,(H,13,14)(H,15,16)/t8-/m0/s1. The monoisotopic (exact) mass is 229 g/mol. The first-order chi connectivity index (χ1) is 7.06. The van der Waals surface area contributed by atoms with E-state index in [9.17, 15) is 9.59 Å². The number of hydrogen-bond acceptors (Lipinski definition) is 2. The topological polar surface area (TPSA) is 66.4 Å². The first-order valence-corrected chi connectivity index (χ1v) is 5.61. The van der Waals surface area contributed by atoms with Gasteiger partial charge in [0.05, 0.1) is 5.41 Å². The van der Waals surface area contributed by atoms with Crippen molar-refractivity contribution in [3.63, 3.8) is 0 Å². The van der Waals surface area contributed by atoms with Crippen LogP contribution in [0.5, 0.6) is 0 Å². The molecule has 0 saturated heterocycles. The van der Waals surface area contributed by atoms with Crippen LogP contribution < -0.4 is 5.32 Å². The second-order valence-corrected chi connectivity index (χ2v) is 5.35. The van der Waals surface area contributed by atoms with E-state index in [1.54, 1.807) is 27.7 Å². The van der Waals surface area contributed by atoms with Crippen LogP contribution in [-0.4, -0.2) is 22.5 Å². The van der Waals surface area contributed by atoms with Crippen LogP contribution in [0.25, 0.3) is 0 Å². The Morgan fingerprint density at radius 2 is 1.69 bits per heavy atom. The Kier molecular flexibility index (Phi) is 4.53. The van der Waals surface area contributed by atoms with Crippen molar-refractivity contribution >= 4 is 11.9 Å². The molecule has 0 aromatic heterocycles. The second-order valence-electron chi connectivity index (χ2n) is 5.35. The van der Waals surface area contributed by atoms with Gasteiger partial charge in [0, 0.05) is 11.5 Å². The third kappa shape index (κ3) is 2.97. The summed E-state index contributed by atoms with van der Waals surface area (Å²) in [5.74, 6) is -1.10. The molecule has 0 fully saturated rings. The summed E-state index contributed by atoms with van der Waals surface area (Å²) in [5, 5.41) is 11.9. The third-order valence-electron chi connectivity index (χ3n) is 3.59. The molecule has 0 rings (SSSR count). The SMILES string of the molecule is CC[C@H](C)C(=O)NC(C)(C)C(C)(C)C(=O)O. The number of rotatable bonds is 5. The van der Waals surface area contributed by atoms with E-state index in [0.717, 1.165) is 6.42 Å². The van der Waals surface area contributed by atoms with Crippen LogP contribution in [0.1, 0.15) is 48.0 Å². The largest absolute Gasteiger partial charge is 0.481 e. The van der Waals surface area contributed by atoms with E-state index in [-0.39, 0.29) is 11.8 Å². The molecular formula is C12H23NO3. The van der Waals surface area contributed by atoms with Gasteiger partial charge in [-0.1, -0.05) is 13.8 Å². The summed E-state index contributed by atoms with van der Waals surface area (Å²) in [6.45, 7) is 10.5. The van der Waals surface area contributed by atoms with Crippen LogP contribution in [0.4, 0.5) is 0 Å². The molecule has 0 aromatic carbocycles. The van der Waals surface area contributed by atoms with Crippen LogP contribution >= 0.6 is 0 Å². The lowest BCUT2D eigenvalue weighted by Crippen LogP contribution is -2.57. The molecule has 0 saturated carbocycles. The van der Waals surface area contributed by atoms with Gasteiger partial charge in [-0.05, 0) is 34.1 Å². The fourth-order valence-corrected chi connectivity index (χ4v) is 1.04. The van der Waals surface area contributed by atoms with E-state index >= 15 is 0 Å². The van der Waals surface area contributed by atoms with Crippen molar-refractivity contribution in [3.8, 4) is 0 Å². The molecule has 0 unspecified atom stereocenters. The van der Waals surface area contributed by atoms with Gasteiger partial charge in [-0.3, -0.25) is 9.59 Å². The highest BCUT2D eigenvalue weighted by atomic mass is 16.4. The highest BCUT2D eigenvalue weighted by Crippen LogP contribution is 2.31. The maximum atomic E-state index is 11.8. The molecule has 0 aliphatic heterocycles. The average molecular weight is 229 g/mol. The van der Waals surface area contributed by atoms with E-state index < -0.39 is 16.9 Å². The molecule has 0 heterocycles. The fraction of sp³-hybridized carbons (Fsp3) is 0.833. The van der Waals surface area contributed by atoms with E-state index in [2.05, 4.69) is 5.32 Å². The number of amides is 1. The number of carbonyl (C=O) groups is 2. The quantitative estimate of drug-likeness (QED) is 0.758. The molecule has 0 bridgehead atoms. The predicted octanol–water partition coefficient (Wildman–Crippen LogP) is 2.04. The zero-order valence-corrected chi connectivity index (χ0v) is 11.0. The number of carboxylic acid groups (broad SMARTS) is 1. The van der Waals surface area contributed by atoms with E-state index in [1.807, 2.05) is 13.8 Å². The number of nitrogens with one attached hydrogen (secondary N) is 1. The molecule has 0 aromatic rings. The second kappa shape index (κ2) is 4.85. The Balaban J connectivity index is 4.82. The molecule has 94 valence electrons. The average Bonchev–Trinajstić information content (AvgIpc) is 2.15. The maximum Gasteiger partial charge on any atom is 0.311 e. The minimum atomic E-state index is -1.00. The van der Waals surface area contributed by atoms with Crippen molar-refractivity contribution in [1.82, 2.24) is 5.32 Å². The normalized spacial score (nSPS) is 14.4. The molecular weight excluding hydrogens is 206 g/mol. The molecule has 2 N–H and O–H groups in total. The first kappa shape index (κ1) is 14.9. The molecule has 0 aliphatic rings. The molecule has 1 atom stereocenters. The van der Waals surface area contributed by atoms with Crippen molar-refractivity contribution in [3.05, 3.63) is 0 Å². The summed E-state index contributed by atoms with van der Waals surface area (Å²) in [6.07, 6.45) is 0.745. The van der Waals surface area contributed by atoms with Crippen LogP contribution in [0.2, 0.25) is 0 Å². The minimum Gasteiger partial charge on any atom is -0.481 e. The van der Waals surface area contributed by atoms with E-state index in [0.29, 0.717) is 0 Å². The van der Waals surface area contributed by atoms with Gasteiger partial charge in [-0.15, -0.1) is 0 Å². The Labute approximate surface area is 97.4 Å². The molecule has 0 radical (unpaired) electrons. The van der Waals surface area contributed by atoms with Crippen molar-refractivity contribution in [2.45, 2.75) is 53.5 Å². The summed E-state index contributed by atoms with van der Waals surface area (Å²) in [7, 11) is 0. The van der Waals surface area contributed by atoms with E-state index in [4.69, 9.17) is 5.11 Å². The number of hydrogen-bond donors (Lipinski definition) is 2. The molecule has 0 aliphatic carbocycles. The Morgan fingerprint density at radius 1 is 1.25 bits per heavy atom. The Bertz CT molecular complexity index is 282. The predicted molar refractivity (Wildman–Crippen MR) is 63.1 cm³/mol. The van der Waals surface area contributed by atoms with Crippen molar-refractivity contribution < 1.29 is 14.7 Å². The Morgan fingerprint density at radius 3 is 2.00 bits per heavy atom. The zero-order chi connectivity index (χ0) is 13.1. The molecule has 1 amide bonds. The fourth-order valence-electron chi connectivity index (χ4n) is 1.04. The van der Waals surface area contributed by atoms with Gasteiger partial charge in [-0.2, -0.15) is 0 Å². The van der Waals surface area contributed by atoms with Crippen LogP contribution in [0, 0.1) is 11.3 Å². The van der Waals surface area contributed by atoms with Crippen molar-refractivity contribution in [1.29, 1.82) is 0 Å². The lowest BCUT2D eigenvalue weighted by Gasteiger charge is -2.39. The summed E-state index contributed by atoms with van der Waals surface area (Å²) < 4.78 is 0. The van der Waals surface area contributed by atoms with Gasteiger partial charge >= 0.3 is 5.97 Å². The van der Waals surface area contributed by atoms with Crippen LogP contribution in [0.3, 0.4) is 0 Å². The van der Waals surface area contributed by atoms with Crippen LogP contribution in [0.15, 0.2) is 0 Å². The zero-order valence-electron chi connectivity index (χ0n) is 11.0. The smallest absolute Gasteiger partial charge is 0.311 e. The van der Waals surface area contributed by atoms with Gasteiger partial charge in [0.1, 0.15) is 0 Å². The van der Waals surface area contributed by atoms with Gasteiger partial charge in [0.15, 0.2) is 0 Å². The van der Waals surface area contributed by atoms with Gasteiger partial charge in [-0.25, -0.2) is 0 Å². The van der Waals surface area contributed by atoms with Gasteiger partial charge < -0.3 is 10.4 Å².